The SMILES string of the molecule is CCC(C)(C)CNS(=O)(=O)c1cc(C)c(C)c(N)c1. The largest absolute Gasteiger partial charge is 0.398 e. The van der Waals surface area contributed by atoms with E-state index in [1.54, 1.807) is 6.07 Å². The van der Waals surface area contributed by atoms with E-state index in [-0.39, 0.29) is 10.3 Å². The first-order valence-corrected chi connectivity index (χ1v) is 7.94. The second-order valence-electron chi connectivity index (χ2n) is 5.80. The standard InChI is InChI=1S/C14H24N2O2S/c1-6-14(4,5)9-16-19(17,18)12-7-10(2)11(3)13(15)8-12/h7-8,16H,6,9,15H2,1-5H3. The van der Waals surface area contributed by atoms with Gasteiger partial charge in [0.25, 0.3) is 0 Å². The van der Waals surface area contributed by atoms with Crippen molar-refractivity contribution in [2.75, 3.05) is 12.3 Å². The van der Waals surface area contributed by atoms with Crippen molar-refractivity contribution in [3.05, 3.63) is 23.3 Å². The Kier molecular flexibility index (Phi) is 4.63. The van der Waals surface area contributed by atoms with Gasteiger partial charge in [0, 0.05) is 12.2 Å². The van der Waals surface area contributed by atoms with E-state index in [9.17, 15) is 8.42 Å². The van der Waals surface area contributed by atoms with E-state index >= 15 is 0 Å². The van der Waals surface area contributed by atoms with E-state index in [4.69, 9.17) is 5.73 Å². The zero-order valence-electron chi connectivity index (χ0n) is 12.4. The molecule has 0 amide bonds. The van der Waals surface area contributed by atoms with Gasteiger partial charge in [-0.2, -0.15) is 0 Å². The fourth-order valence-corrected chi connectivity index (χ4v) is 2.87. The van der Waals surface area contributed by atoms with E-state index in [1.165, 1.54) is 6.07 Å². The first-order chi connectivity index (χ1) is 8.59. The number of benzene rings is 1. The maximum absolute atomic E-state index is 12.2. The third-order valence-electron chi connectivity index (χ3n) is 3.69. The molecule has 1 aromatic carbocycles. The van der Waals surface area contributed by atoms with E-state index < -0.39 is 10.0 Å². The molecule has 108 valence electrons. The van der Waals surface area contributed by atoms with Crippen molar-refractivity contribution in [3.8, 4) is 0 Å². The summed E-state index contributed by atoms with van der Waals surface area (Å²) in [5, 5.41) is 0. The summed E-state index contributed by atoms with van der Waals surface area (Å²) in [5.41, 5.74) is 8.09. The lowest BCUT2D eigenvalue weighted by Gasteiger charge is -2.23. The van der Waals surface area contributed by atoms with Crippen LogP contribution in [0.15, 0.2) is 17.0 Å². The molecule has 0 radical (unpaired) electrons. The Hall–Kier alpha value is -1.07. The average molecular weight is 284 g/mol. The van der Waals surface area contributed by atoms with Gasteiger partial charge in [0.1, 0.15) is 0 Å². The Labute approximate surface area is 116 Å². The van der Waals surface area contributed by atoms with Gasteiger partial charge in [-0.1, -0.05) is 20.8 Å². The monoisotopic (exact) mass is 284 g/mol. The number of rotatable bonds is 5. The molecule has 0 aliphatic rings. The lowest BCUT2D eigenvalue weighted by atomic mass is 9.91. The Morgan fingerprint density at radius 1 is 1.26 bits per heavy atom. The second-order valence-corrected chi connectivity index (χ2v) is 7.56. The zero-order valence-corrected chi connectivity index (χ0v) is 13.2. The fourth-order valence-electron chi connectivity index (χ4n) is 1.51. The van der Waals surface area contributed by atoms with Crippen LogP contribution >= 0.6 is 0 Å². The highest BCUT2D eigenvalue weighted by molar-refractivity contribution is 7.89. The molecule has 1 rings (SSSR count). The molecule has 0 fully saturated rings. The molecule has 0 atom stereocenters. The summed E-state index contributed by atoms with van der Waals surface area (Å²) in [5.74, 6) is 0. The maximum atomic E-state index is 12.2. The summed E-state index contributed by atoms with van der Waals surface area (Å²) in [4.78, 5) is 0.236. The topological polar surface area (TPSA) is 72.2 Å². The first kappa shape index (κ1) is 16.0. The normalized spacial score (nSPS) is 12.7. The minimum atomic E-state index is -3.50. The van der Waals surface area contributed by atoms with Crippen LogP contribution in [0.1, 0.15) is 38.3 Å². The molecular weight excluding hydrogens is 260 g/mol. The molecule has 0 aliphatic carbocycles. The lowest BCUT2D eigenvalue weighted by Crippen LogP contribution is -2.33. The second kappa shape index (κ2) is 5.51. The van der Waals surface area contributed by atoms with Gasteiger partial charge in [-0.05, 0) is 48.9 Å². The van der Waals surface area contributed by atoms with Crippen molar-refractivity contribution in [3.63, 3.8) is 0 Å². The molecule has 0 heterocycles. The number of hydrogen-bond acceptors (Lipinski definition) is 3. The minimum Gasteiger partial charge on any atom is -0.398 e. The first-order valence-electron chi connectivity index (χ1n) is 6.45. The summed E-state index contributed by atoms with van der Waals surface area (Å²) in [7, 11) is -3.50. The van der Waals surface area contributed by atoms with Crippen molar-refractivity contribution in [2.24, 2.45) is 5.41 Å². The summed E-state index contributed by atoms with van der Waals surface area (Å²) in [6.45, 7) is 10.3. The highest BCUT2D eigenvalue weighted by Crippen LogP contribution is 2.23. The van der Waals surface area contributed by atoms with Crippen LogP contribution < -0.4 is 10.5 Å². The van der Waals surface area contributed by atoms with Crippen LogP contribution in [0.3, 0.4) is 0 Å². The molecule has 0 unspecified atom stereocenters. The smallest absolute Gasteiger partial charge is 0.240 e. The molecule has 4 nitrogen and oxygen atoms in total. The molecule has 0 spiro atoms. The van der Waals surface area contributed by atoms with Gasteiger partial charge >= 0.3 is 0 Å². The van der Waals surface area contributed by atoms with Gasteiger partial charge in [0.05, 0.1) is 4.90 Å². The zero-order chi connectivity index (χ0) is 14.8. The quantitative estimate of drug-likeness (QED) is 0.816. The number of nitrogen functional groups attached to an aromatic ring is 1. The van der Waals surface area contributed by atoms with Gasteiger partial charge in [-0.15, -0.1) is 0 Å². The number of nitrogens with one attached hydrogen (secondary N) is 1. The van der Waals surface area contributed by atoms with Crippen LogP contribution in [-0.2, 0) is 10.0 Å². The number of aryl methyl sites for hydroxylation is 1. The third kappa shape index (κ3) is 3.94. The molecule has 0 saturated heterocycles. The van der Waals surface area contributed by atoms with Crippen LogP contribution in [-0.4, -0.2) is 15.0 Å². The van der Waals surface area contributed by atoms with Gasteiger partial charge in [-0.25, -0.2) is 13.1 Å². The molecule has 19 heavy (non-hydrogen) atoms. The molecule has 1 aromatic rings. The predicted molar refractivity (Wildman–Crippen MR) is 79.6 cm³/mol. The Morgan fingerprint density at radius 3 is 2.32 bits per heavy atom. The van der Waals surface area contributed by atoms with E-state index in [0.29, 0.717) is 12.2 Å². The third-order valence-corrected chi connectivity index (χ3v) is 5.07. The Bertz CT molecular complexity index is 540. The van der Waals surface area contributed by atoms with Crippen LogP contribution in [0.4, 0.5) is 5.69 Å². The summed E-state index contributed by atoms with van der Waals surface area (Å²) < 4.78 is 27.1. The highest BCUT2D eigenvalue weighted by atomic mass is 32.2. The molecule has 5 heteroatoms. The minimum absolute atomic E-state index is 0.0572. The van der Waals surface area contributed by atoms with Crippen molar-refractivity contribution >= 4 is 15.7 Å². The maximum Gasteiger partial charge on any atom is 0.240 e. The molecule has 0 bridgehead atoms. The van der Waals surface area contributed by atoms with Gasteiger partial charge < -0.3 is 5.73 Å². The lowest BCUT2D eigenvalue weighted by molar-refractivity contribution is 0.350. The van der Waals surface area contributed by atoms with Crippen molar-refractivity contribution in [2.45, 2.75) is 45.9 Å². The van der Waals surface area contributed by atoms with Crippen molar-refractivity contribution in [1.82, 2.24) is 4.72 Å². The van der Waals surface area contributed by atoms with E-state index in [2.05, 4.69) is 4.72 Å². The molecule has 0 saturated carbocycles. The summed E-state index contributed by atoms with van der Waals surface area (Å²) in [6, 6.07) is 3.18. The number of nitrogens with two attached hydrogens (primary N) is 1. The highest BCUT2D eigenvalue weighted by Gasteiger charge is 2.21. The average Bonchev–Trinajstić information content (AvgIpc) is 2.33. The van der Waals surface area contributed by atoms with Gasteiger partial charge in [0.15, 0.2) is 0 Å². The molecule has 0 aromatic heterocycles. The number of hydrogen-bond donors (Lipinski definition) is 2. The van der Waals surface area contributed by atoms with Gasteiger partial charge in [0.2, 0.25) is 10.0 Å². The molecule has 0 aliphatic heterocycles. The summed E-state index contributed by atoms with van der Waals surface area (Å²) >= 11 is 0. The van der Waals surface area contributed by atoms with Crippen LogP contribution in [0.5, 0.6) is 0 Å². The van der Waals surface area contributed by atoms with Gasteiger partial charge in [-0.3, -0.25) is 0 Å². The van der Waals surface area contributed by atoms with Crippen molar-refractivity contribution < 1.29 is 8.42 Å². The number of anilines is 1. The van der Waals surface area contributed by atoms with Crippen LogP contribution in [0, 0.1) is 19.3 Å². The summed E-state index contributed by atoms with van der Waals surface area (Å²) in [6.07, 6.45) is 0.907. The fraction of sp³-hybridized carbons (Fsp3) is 0.571. The number of sulfonamides is 1. The predicted octanol–water partition coefficient (Wildman–Crippen LogP) is 2.60. The molecule has 3 N–H and O–H groups in total. The van der Waals surface area contributed by atoms with E-state index in [1.807, 2.05) is 34.6 Å². The Morgan fingerprint density at radius 2 is 1.84 bits per heavy atom. The molecular formula is C14H24N2O2S. The van der Waals surface area contributed by atoms with Crippen molar-refractivity contribution in [1.29, 1.82) is 0 Å². The Balaban J connectivity index is 3.02. The van der Waals surface area contributed by atoms with Crippen LogP contribution in [0.25, 0.3) is 0 Å². The van der Waals surface area contributed by atoms with Crippen LogP contribution in [0.2, 0.25) is 0 Å². The van der Waals surface area contributed by atoms with E-state index in [0.717, 1.165) is 17.5 Å².